The third-order valence-electron chi connectivity index (χ3n) is 2.65. The van der Waals surface area contributed by atoms with Gasteiger partial charge in [-0.15, -0.1) is 0 Å². The van der Waals surface area contributed by atoms with Crippen molar-refractivity contribution in [2.45, 2.75) is 12.8 Å². The molecule has 0 atom stereocenters. The lowest BCUT2D eigenvalue weighted by atomic mass is 10.0. The van der Waals surface area contributed by atoms with Gasteiger partial charge in [0.2, 0.25) is 0 Å². The molecular formula is C15H12Br2O. The second-order valence-electron chi connectivity index (χ2n) is 4.11. The fourth-order valence-corrected chi connectivity index (χ4v) is 2.95. The summed E-state index contributed by atoms with van der Waals surface area (Å²) in [5.74, 6) is 0.226. The van der Waals surface area contributed by atoms with Crippen LogP contribution in [0, 0.1) is 0 Å². The number of ketones is 1. The summed E-state index contributed by atoms with van der Waals surface area (Å²) in [6.45, 7) is 0. The highest BCUT2D eigenvalue weighted by atomic mass is 79.9. The fraction of sp³-hybridized carbons (Fsp3) is 0.133. The molecule has 0 saturated heterocycles. The van der Waals surface area contributed by atoms with Crippen LogP contribution < -0.4 is 0 Å². The van der Waals surface area contributed by atoms with Crippen LogP contribution in [-0.4, -0.2) is 5.78 Å². The molecule has 2 aromatic rings. The zero-order valence-electron chi connectivity index (χ0n) is 9.70. The van der Waals surface area contributed by atoms with E-state index in [0.717, 1.165) is 20.1 Å². The molecule has 0 aliphatic heterocycles. The van der Waals surface area contributed by atoms with Crippen LogP contribution >= 0.6 is 31.9 Å². The standard InChI is InChI=1S/C15H12Br2O/c16-13-7-6-12(15(17)10-13)9-14(18)8-11-4-2-1-3-5-11/h1-7,10H,8-9H2. The third-order valence-corrected chi connectivity index (χ3v) is 3.88. The summed E-state index contributed by atoms with van der Waals surface area (Å²) in [7, 11) is 0. The van der Waals surface area contributed by atoms with Gasteiger partial charge in [0, 0.05) is 21.8 Å². The highest BCUT2D eigenvalue weighted by Crippen LogP contribution is 2.22. The lowest BCUT2D eigenvalue weighted by Crippen LogP contribution is -2.06. The van der Waals surface area contributed by atoms with Crippen LogP contribution in [0.1, 0.15) is 11.1 Å². The molecule has 2 rings (SSSR count). The van der Waals surface area contributed by atoms with Gasteiger partial charge in [-0.1, -0.05) is 68.3 Å². The van der Waals surface area contributed by atoms with E-state index in [2.05, 4.69) is 31.9 Å². The van der Waals surface area contributed by atoms with Crippen molar-refractivity contribution in [3.05, 3.63) is 68.6 Å². The Kier molecular flexibility index (Phi) is 4.72. The minimum Gasteiger partial charge on any atom is -0.299 e. The van der Waals surface area contributed by atoms with Crippen LogP contribution in [0.15, 0.2) is 57.5 Å². The molecule has 0 heterocycles. The molecular weight excluding hydrogens is 356 g/mol. The summed E-state index contributed by atoms with van der Waals surface area (Å²) in [4.78, 5) is 12.0. The Morgan fingerprint density at radius 2 is 1.67 bits per heavy atom. The van der Waals surface area contributed by atoms with E-state index in [4.69, 9.17) is 0 Å². The quantitative estimate of drug-likeness (QED) is 0.773. The lowest BCUT2D eigenvalue weighted by Gasteiger charge is -2.05. The van der Waals surface area contributed by atoms with Gasteiger partial charge in [-0.2, -0.15) is 0 Å². The Bertz CT molecular complexity index is 550. The van der Waals surface area contributed by atoms with Crippen LogP contribution in [0.2, 0.25) is 0 Å². The summed E-state index contributed by atoms with van der Waals surface area (Å²) in [5.41, 5.74) is 2.09. The average Bonchev–Trinajstić information content (AvgIpc) is 2.34. The summed E-state index contributed by atoms with van der Waals surface area (Å²) < 4.78 is 1.98. The van der Waals surface area contributed by atoms with Crippen LogP contribution in [0.3, 0.4) is 0 Å². The van der Waals surface area contributed by atoms with Crippen LogP contribution in [0.4, 0.5) is 0 Å². The SMILES string of the molecule is O=C(Cc1ccccc1)Cc1ccc(Br)cc1Br. The molecule has 0 aromatic heterocycles. The maximum atomic E-state index is 12.0. The van der Waals surface area contributed by atoms with Gasteiger partial charge in [-0.25, -0.2) is 0 Å². The third kappa shape index (κ3) is 3.79. The van der Waals surface area contributed by atoms with Crippen molar-refractivity contribution in [2.24, 2.45) is 0 Å². The highest BCUT2D eigenvalue weighted by Gasteiger charge is 2.08. The Morgan fingerprint density at radius 3 is 2.33 bits per heavy atom. The van der Waals surface area contributed by atoms with Crippen LogP contribution in [0.5, 0.6) is 0 Å². The first kappa shape index (κ1) is 13.5. The summed E-state index contributed by atoms with van der Waals surface area (Å²) >= 11 is 6.88. The molecule has 0 N–H and O–H groups in total. The Morgan fingerprint density at radius 1 is 0.944 bits per heavy atom. The first-order valence-corrected chi connectivity index (χ1v) is 7.23. The number of carbonyl (C=O) groups excluding carboxylic acids is 1. The molecule has 3 heteroatoms. The number of hydrogen-bond acceptors (Lipinski definition) is 1. The van der Waals surface area contributed by atoms with Gasteiger partial charge in [0.25, 0.3) is 0 Å². The minimum atomic E-state index is 0.226. The maximum absolute atomic E-state index is 12.0. The molecule has 0 unspecified atom stereocenters. The Labute approximate surface area is 123 Å². The fourth-order valence-electron chi connectivity index (χ4n) is 1.76. The molecule has 92 valence electrons. The molecule has 0 spiro atoms. The largest absolute Gasteiger partial charge is 0.299 e. The van der Waals surface area contributed by atoms with Gasteiger partial charge < -0.3 is 0 Å². The molecule has 0 fully saturated rings. The molecule has 2 aromatic carbocycles. The second kappa shape index (κ2) is 6.30. The molecule has 0 aliphatic rings. The molecule has 0 radical (unpaired) electrons. The summed E-state index contributed by atoms with van der Waals surface area (Å²) in [6.07, 6.45) is 0.950. The topological polar surface area (TPSA) is 17.1 Å². The van der Waals surface area contributed by atoms with E-state index in [1.807, 2.05) is 48.5 Å². The van der Waals surface area contributed by atoms with Crippen molar-refractivity contribution in [1.82, 2.24) is 0 Å². The van der Waals surface area contributed by atoms with E-state index in [-0.39, 0.29) is 5.78 Å². The highest BCUT2D eigenvalue weighted by molar-refractivity contribution is 9.11. The van der Waals surface area contributed by atoms with Gasteiger partial charge in [0.1, 0.15) is 5.78 Å². The number of halogens is 2. The summed E-state index contributed by atoms with van der Waals surface area (Å²) in [6, 6.07) is 15.7. The van der Waals surface area contributed by atoms with Crippen molar-refractivity contribution in [3.8, 4) is 0 Å². The summed E-state index contributed by atoms with van der Waals surface area (Å²) in [5, 5.41) is 0. The molecule has 0 saturated carbocycles. The smallest absolute Gasteiger partial charge is 0.141 e. The number of carbonyl (C=O) groups is 1. The first-order chi connectivity index (χ1) is 8.65. The molecule has 18 heavy (non-hydrogen) atoms. The van der Waals surface area contributed by atoms with Crippen LogP contribution in [0.25, 0.3) is 0 Å². The monoisotopic (exact) mass is 366 g/mol. The van der Waals surface area contributed by atoms with Gasteiger partial charge >= 0.3 is 0 Å². The van der Waals surface area contributed by atoms with Crippen LogP contribution in [-0.2, 0) is 17.6 Å². The van der Waals surface area contributed by atoms with Gasteiger partial charge in [-0.3, -0.25) is 4.79 Å². The lowest BCUT2D eigenvalue weighted by molar-refractivity contribution is -0.117. The zero-order chi connectivity index (χ0) is 13.0. The van der Waals surface area contributed by atoms with Crippen molar-refractivity contribution in [3.63, 3.8) is 0 Å². The Balaban J connectivity index is 2.03. The maximum Gasteiger partial charge on any atom is 0.141 e. The van der Waals surface area contributed by atoms with Crippen molar-refractivity contribution >= 4 is 37.6 Å². The van der Waals surface area contributed by atoms with E-state index in [9.17, 15) is 4.79 Å². The molecule has 1 nitrogen and oxygen atoms in total. The van der Waals surface area contributed by atoms with E-state index in [1.165, 1.54) is 0 Å². The molecule has 0 amide bonds. The Hall–Kier alpha value is -0.930. The zero-order valence-corrected chi connectivity index (χ0v) is 12.9. The van der Waals surface area contributed by atoms with E-state index >= 15 is 0 Å². The normalized spacial score (nSPS) is 10.3. The van der Waals surface area contributed by atoms with Gasteiger partial charge in [0.05, 0.1) is 0 Å². The van der Waals surface area contributed by atoms with E-state index in [0.29, 0.717) is 12.8 Å². The molecule has 0 aliphatic carbocycles. The number of Topliss-reactive ketones (excluding diaryl/α,β-unsaturated/α-hetero) is 1. The van der Waals surface area contributed by atoms with Crippen molar-refractivity contribution in [1.29, 1.82) is 0 Å². The predicted molar refractivity (Wildman–Crippen MR) is 80.7 cm³/mol. The van der Waals surface area contributed by atoms with E-state index < -0.39 is 0 Å². The average molecular weight is 368 g/mol. The van der Waals surface area contributed by atoms with Gasteiger partial charge in [-0.05, 0) is 23.3 Å². The number of rotatable bonds is 4. The number of benzene rings is 2. The van der Waals surface area contributed by atoms with Crippen molar-refractivity contribution in [2.75, 3.05) is 0 Å². The van der Waals surface area contributed by atoms with E-state index in [1.54, 1.807) is 0 Å². The van der Waals surface area contributed by atoms with Crippen molar-refractivity contribution < 1.29 is 4.79 Å². The second-order valence-corrected chi connectivity index (χ2v) is 5.88. The molecule has 0 bridgehead atoms. The predicted octanol–water partition coefficient (Wildman–Crippen LogP) is 4.57. The van der Waals surface area contributed by atoms with Gasteiger partial charge in [0.15, 0.2) is 0 Å². The minimum absolute atomic E-state index is 0.226. The first-order valence-electron chi connectivity index (χ1n) is 5.65. The number of hydrogen-bond donors (Lipinski definition) is 0.